The van der Waals surface area contributed by atoms with E-state index in [1.54, 1.807) is 36.4 Å². The number of carboxylic acids is 1. The molecule has 3 aromatic carbocycles. The zero-order chi connectivity index (χ0) is 32.1. The number of carboxylic acid groups (broad SMARTS) is 1. The molecule has 0 radical (unpaired) electrons. The molecule has 234 valence electrons. The molecule has 0 saturated heterocycles. The van der Waals surface area contributed by atoms with Gasteiger partial charge in [0.25, 0.3) is 0 Å². The number of rotatable bonds is 15. The minimum absolute atomic E-state index is 0.0145. The summed E-state index contributed by atoms with van der Waals surface area (Å²) in [6, 6.07) is 17.3. The molecule has 0 heterocycles. The molecule has 44 heavy (non-hydrogen) atoms. The molecule has 12 heteroatoms. The third-order valence-corrected chi connectivity index (χ3v) is 6.79. The Kier molecular flexibility index (Phi) is 12.4. The highest BCUT2D eigenvalue weighted by atomic mass is 16.5. The zero-order valence-corrected chi connectivity index (χ0v) is 25.3. The van der Waals surface area contributed by atoms with Crippen molar-refractivity contribution >= 4 is 35.2 Å². The summed E-state index contributed by atoms with van der Waals surface area (Å²) in [5.74, 6) is -0.419. The monoisotopic (exact) mass is 606 g/mol. The number of benzene rings is 3. The van der Waals surface area contributed by atoms with E-state index in [1.165, 1.54) is 26.2 Å². The van der Waals surface area contributed by atoms with Gasteiger partial charge in [-0.05, 0) is 54.3 Å². The van der Waals surface area contributed by atoms with Crippen LogP contribution in [0, 0.1) is 6.92 Å². The van der Waals surface area contributed by atoms with Crippen LogP contribution in [0.15, 0.2) is 60.7 Å². The van der Waals surface area contributed by atoms with Crippen LogP contribution in [0.3, 0.4) is 0 Å². The maximum atomic E-state index is 13.0. The Labute approximate surface area is 256 Å². The number of carbonyl (C=O) groups is 4. The molecular weight excluding hydrogens is 568 g/mol. The predicted octanol–water partition coefficient (Wildman–Crippen LogP) is 3.87. The Balaban J connectivity index is 1.58. The normalized spacial score (nSPS) is 10.4. The van der Waals surface area contributed by atoms with Crippen LogP contribution in [-0.2, 0) is 27.2 Å². The van der Waals surface area contributed by atoms with Crippen molar-refractivity contribution in [3.63, 3.8) is 0 Å². The summed E-state index contributed by atoms with van der Waals surface area (Å²) < 4.78 is 16.2. The van der Waals surface area contributed by atoms with Crippen LogP contribution in [0.4, 0.5) is 16.2 Å². The fourth-order valence-electron chi connectivity index (χ4n) is 4.47. The molecule has 0 aliphatic rings. The Bertz CT molecular complexity index is 1480. The highest BCUT2D eigenvalue weighted by Crippen LogP contribution is 2.31. The highest BCUT2D eigenvalue weighted by molar-refractivity contribution is 6.01. The maximum absolute atomic E-state index is 13.0. The average Bonchev–Trinajstić information content (AvgIpc) is 3.01. The third-order valence-electron chi connectivity index (χ3n) is 6.79. The van der Waals surface area contributed by atoms with E-state index in [2.05, 4.69) is 16.0 Å². The van der Waals surface area contributed by atoms with Gasteiger partial charge in [0.1, 0.15) is 5.75 Å². The Morgan fingerprint density at radius 3 is 2.23 bits per heavy atom. The number of nitrogens with zero attached hydrogens (tertiary/aromatic N) is 1. The molecule has 3 aromatic rings. The quantitative estimate of drug-likeness (QED) is 0.203. The Morgan fingerprint density at radius 2 is 1.55 bits per heavy atom. The second-order valence-corrected chi connectivity index (χ2v) is 9.81. The van der Waals surface area contributed by atoms with Crippen molar-refractivity contribution < 1.29 is 38.5 Å². The number of hydrogen-bond acceptors (Lipinski definition) is 7. The molecule has 0 unspecified atom stereocenters. The SMILES string of the molecule is COc1cc(CC(=O)NCC(=O)N(CCC(=O)O)CCc2cccc(OC)c2OC)ccc1NC(=O)Nc1ccccc1C. The number of urea groups is 1. The number of nitrogens with one attached hydrogen (secondary N) is 3. The van der Waals surface area contributed by atoms with Gasteiger partial charge in [-0.15, -0.1) is 0 Å². The second-order valence-electron chi connectivity index (χ2n) is 9.81. The number of amides is 4. The van der Waals surface area contributed by atoms with Gasteiger partial charge in [0.2, 0.25) is 11.8 Å². The van der Waals surface area contributed by atoms with Crippen LogP contribution in [0.2, 0.25) is 0 Å². The van der Waals surface area contributed by atoms with Crippen molar-refractivity contribution in [3.8, 4) is 17.2 Å². The lowest BCUT2D eigenvalue weighted by Crippen LogP contribution is -2.42. The minimum Gasteiger partial charge on any atom is -0.495 e. The van der Waals surface area contributed by atoms with Gasteiger partial charge in [0.05, 0.1) is 46.4 Å². The van der Waals surface area contributed by atoms with Crippen molar-refractivity contribution in [2.24, 2.45) is 0 Å². The topological polar surface area (TPSA) is 156 Å². The first-order valence-electron chi connectivity index (χ1n) is 13.9. The third kappa shape index (κ3) is 9.65. The summed E-state index contributed by atoms with van der Waals surface area (Å²) in [6.07, 6.45) is 0.108. The lowest BCUT2D eigenvalue weighted by Gasteiger charge is -2.23. The summed E-state index contributed by atoms with van der Waals surface area (Å²) in [5.41, 5.74) is 3.40. The summed E-state index contributed by atoms with van der Waals surface area (Å²) >= 11 is 0. The summed E-state index contributed by atoms with van der Waals surface area (Å²) in [7, 11) is 4.50. The molecule has 0 atom stereocenters. The van der Waals surface area contributed by atoms with Gasteiger partial charge < -0.3 is 40.2 Å². The van der Waals surface area contributed by atoms with Gasteiger partial charge in [-0.3, -0.25) is 14.4 Å². The van der Waals surface area contributed by atoms with Crippen LogP contribution in [-0.4, -0.2) is 74.8 Å². The van der Waals surface area contributed by atoms with Gasteiger partial charge in [-0.25, -0.2) is 4.79 Å². The van der Waals surface area contributed by atoms with Crippen LogP contribution >= 0.6 is 0 Å². The molecular formula is C32H38N4O8. The number of carbonyl (C=O) groups excluding carboxylic acids is 3. The van der Waals surface area contributed by atoms with E-state index in [0.29, 0.717) is 40.6 Å². The largest absolute Gasteiger partial charge is 0.495 e. The number of para-hydroxylation sites is 2. The fraction of sp³-hybridized carbons (Fsp3) is 0.312. The molecule has 0 spiro atoms. The summed E-state index contributed by atoms with van der Waals surface area (Å²) in [5, 5.41) is 17.3. The Hall–Kier alpha value is -5.26. The van der Waals surface area contributed by atoms with Crippen molar-refractivity contribution in [2.75, 3.05) is 51.6 Å². The van der Waals surface area contributed by atoms with Gasteiger partial charge in [0, 0.05) is 18.8 Å². The average molecular weight is 607 g/mol. The molecule has 12 nitrogen and oxygen atoms in total. The molecule has 3 rings (SSSR count). The van der Waals surface area contributed by atoms with Crippen molar-refractivity contribution in [2.45, 2.75) is 26.2 Å². The van der Waals surface area contributed by atoms with Crippen molar-refractivity contribution in [3.05, 3.63) is 77.4 Å². The smallest absolute Gasteiger partial charge is 0.323 e. The predicted molar refractivity (Wildman–Crippen MR) is 166 cm³/mol. The molecule has 0 saturated carbocycles. The van der Waals surface area contributed by atoms with Crippen LogP contribution in [0.1, 0.15) is 23.1 Å². The van der Waals surface area contributed by atoms with E-state index in [4.69, 9.17) is 19.3 Å². The van der Waals surface area contributed by atoms with Crippen LogP contribution < -0.4 is 30.2 Å². The molecule has 0 bridgehead atoms. The van der Waals surface area contributed by atoms with E-state index in [1.807, 2.05) is 31.2 Å². The standard InChI is InChI=1S/C32H38N4O8/c1-21-8-5-6-10-24(21)34-32(41)35-25-13-12-22(18-27(25)43-3)19-28(37)33-20-29(38)36(17-15-30(39)40)16-14-23-9-7-11-26(42-2)31(23)44-4/h5-13,18H,14-17,19-20H2,1-4H3,(H,33,37)(H,39,40)(H2,34,35,41). The number of anilines is 2. The van der Waals surface area contributed by atoms with Crippen molar-refractivity contribution in [1.29, 1.82) is 0 Å². The molecule has 0 aliphatic carbocycles. The maximum Gasteiger partial charge on any atom is 0.323 e. The molecule has 4 N–H and O–H groups in total. The van der Waals surface area contributed by atoms with Crippen LogP contribution in [0.5, 0.6) is 17.2 Å². The van der Waals surface area contributed by atoms with E-state index >= 15 is 0 Å². The number of methoxy groups -OCH3 is 3. The number of ether oxygens (including phenoxy) is 3. The van der Waals surface area contributed by atoms with Crippen molar-refractivity contribution in [1.82, 2.24) is 10.2 Å². The lowest BCUT2D eigenvalue weighted by atomic mass is 10.1. The summed E-state index contributed by atoms with van der Waals surface area (Å²) in [6.45, 7) is 1.79. The highest BCUT2D eigenvalue weighted by Gasteiger charge is 2.18. The molecule has 4 amide bonds. The van der Waals surface area contributed by atoms with Gasteiger partial charge in [-0.2, -0.15) is 0 Å². The first kappa shape index (κ1) is 33.2. The minimum atomic E-state index is -1.04. The fourth-order valence-corrected chi connectivity index (χ4v) is 4.47. The number of aryl methyl sites for hydroxylation is 1. The van der Waals surface area contributed by atoms with Gasteiger partial charge >= 0.3 is 12.0 Å². The van der Waals surface area contributed by atoms with Crippen LogP contribution in [0.25, 0.3) is 0 Å². The van der Waals surface area contributed by atoms with Gasteiger partial charge in [0.15, 0.2) is 11.5 Å². The van der Waals surface area contributed by atoms with E-state index in [0.717, 1.165) is 11.1 Å². The van der Waals surface area contributed by atoms with Gasteiger partial charge in [-0.1, -0.05) is 36.4 Å². The number of aliphatic carboxylic acids is 1. The molecule has 0 aromatic heterocycles. The molecule has 0 fully saturated rings. The Morgan fingerprint density at radius 1 is 0.818 bits per heavy atom. The zero-order valence-electron chi connectivity index (χ0n) is 25.3. The number of hydrogen-bond donors (Lipinski definition) is 4. The lowest BCUT2D eigenvalue weighted by molar-refractivity contribution is -0.139. The van der Waals surface area contributed by atoms with E-state index < -0.39 is 23.8 Å². The second kappa shape index (κ2) is 16.4. The molecule has 0 aliphatic heterocycles. The summed E-state index contributed by atoms with van der Waals surface area (Å²) in [4.78, 5) is 50.8. The van der Waals surface area contributed by atoms with E-state index in [9.17, 15) is 19.2 Å². The first-order chi connectivity index (χ1) is 21.1. The van der Waals surface area contributed by atoms with E-state index in [-0.39, 0.29) is 32.5 Å². The first-order valence-corrected chi connectivity index (χ1v) is 13.9.